The second-order valence-corrected chi connectivity index (χ2v) is 7.77. The highest BCUT2D eigenvalue weighted by atomic mass is 31.1. The lowest BCUT2D eigenvalue weighted by Gasteiger charge is -2.31. The summed E-state index contributed by atoms with van der Waals surface area (Å²) in [5, 5.41) is 9.86. The van der Waals surface area contributed by atoms with Gasteiger partial charge in [-0.2, -0.15) is 13.2 Å². The molecule has 0 bridgehead atoms. The summed E-state index contributed by atoms with van der Waals surface area (Å²) in [6, 6.07) is 11.3. The molecule has 0 amide bonds. The quantitative estimate of drug-likeness (QED) is 0.744. The Balaban J connectivity index is 2.50. The SMILES string of the molecule is CCC(C)(Pc1ccc(C)cc1C(F)(F)F)c1ccccc1O. The smallest absolute Gasteiger partial charge is 0.417 e. The molecule has 2 aromatic rings. The van der Waals surface area contributed by atoms with Gasteiger partial charge in [-0.3, -0.25) is 0 Å². The van der Waals surface area contributed by atoms with Crippen molar-refractivity contribution in [1.29, 1.82) is 0 Å². The summed E-state index contributed by atoms with van der Waals surface area (Å²) in [6.07, 6.45) is -3.74. The van der Waals surface area contributed by atoms with E-state index < -0.39 is 16.9 Å². The van der Waals surface area contributed by atoms with Crippen molar-refractivity contribution in [3.8, 4) is 5.75 Å². The van der Waals surface area contributed by atoms with Gasteiger partial charge >= 0.3 is 6.18 Å². The molecule has 5 heteroatoms. The van der Waals surface area contributed by atoms with Crippen LogP contribution in [-0.2, 0) is 11.3 Å². The Hall–Kier alpha value is -1.54. The zero-order valence-corrected chi connectivity index (χ0v) is 14.3. The summed E-state index contributed by atoms with van der Waals surface area (Å²) in [7, 11) is -0.0889. The van der Waals surface area contributed by atoms with Crippen LogP contribution in [0.4, 0.5) is 13.2 Å². The largest absolute Gasteiger partial charge is 0.508 e. The monoisotopic (exact) mass is 340 g/mol. The average molecular weight is 340 g/mol. The van der Waals surface area contributed by atoms with E-state index in [4.69, 9.17) is 0 Å². The minimum atomic E-state index is -4.37. The number of phenols is 1. The second kappa shape index (κ2) is 6.52. The third kappa shape index (κ3) is 3.87. The van der Waals surface area contributed by atoms with Crippen LogP contribution in [0.15, 0.2) is 42.5 Å². The van der Waals surface area contributed by atoms with Crippen molar-refractivity contribution >= 4 is 13.9 Å². The number of aromatic hydroxyl groups is 1. The maximum Gasteiger partial charge on any atom is 0.417 e. The zero-order valence-electron chi connectivity index (χ0n) is 13.3. The second-order valence-electron chi connectivity index (χ2n) is 5.87. The van der Waals surface area contributed by atoms with Crippen LogP contribution in [-0.4, -0.2) is 5.11 Å². The lowest BCUT2D eigenvalue weighted by atomic mass is 9.96. The first-order chi connectivity index (χ1) is 10.7. The van der Waals surface area contributed by atoms with Gasteiger partial charge in [-0.05, 0) is 30.8 Å². The first-order valence-electron chi connectivity index (χ1n) is 7.42. The molecule has 1 nitrogen and oxygen atoms in total. The van der Waals surface area contributed by atoms with Crippen LogP contribution in [0.3, 0.4) is 0 Å². The predicted molar refractivity (Wildman–Crippen MR) is 89.9 cm³/mol. The molecular formula is C18H20F3OP. The van der Waals surface area contributed by atoms with Gasteiger partial charge in [0.25, 0.3) is 0 Å². The maximum atomic E-state index is 13.3. The molecule has 0 spiro atoms. The third-order valence-electron chi connectivity index (χ3n) is 4.10. The predicted octanol–water partition coefficient (Wildman–Crippen LogP) is 5.35. The Bertz CT molecular complexity index is 697. The summed E-state index contributed by atoms with van der Waals surface area (Å²) < 4.78 is 40.0. The fourth-order valence-corrected chi connectivity index (χ4v) is 4.22. The lowest BCUT2D eigenvalue weighted by Crippen LogP contribution is -2.23. The van der Waals surface area contributed by atoms with E-state index in [0.29, 0.717) is 17.5 Å². The molecule has 2 aromatic carbocycles. The Morgan fingerprint density at radius 3 is 2.26 bits per heavy atom. The van der Waals surface area contributed by atoms with Crippen LogP contribution in [0.25, 0.3) is 0 Å². The highest BCUT2D eigenvalue weighted by molar-refractivity contribution is 7.48. The summed E-state index contributed by atoms with van der Waals surface area (Å²) in [4.78, 5) is 0. The molecule has 2 unspecified atom stereocenters. The van der Waals surface area contributed by atoms with Crippen LogP contribution in [0.5, 0.6) is 5.75 Å². The molecule has 0 heterocycles. The van der Waals surface area contributed by atoms with Crippen molar-refractivity contribution in [2.75, 3.05) is 0 Å². The van der Waals surface area contributed by atoms with Crippen molar-refractivity contribution < 1.29 is 18.3 Å². The minimum absolute atomic E-state index is 0.0889. The van der Waals surface area contributed by atoms with E-state index in [-0.39, 0.29) is 19.6 Å². The van der Waals surface area contributed by atoms with Crippen molar-refractivity contribution in [3.63, 3.8) is 0 Å². The average Bonchev–Trinajstić information content (AvgIpc) is 2.48. The normalized spacial score (nSPS) is 15.0. The number of rotatable bonds is 4. The van der Waals surface area contributed by atoms with Crippen LogP contribution in [0.1, 0.15) is 37.0 Å². The maximum absolute atomic E-state index is 13.3. The molecular weight excluding hydrogens is 320 g/mol. The van der Waals surface area contributed by atoms with E-state index >= 15 is 0 Å². The highest BCUT2D eigenvalue weighted by Gasteiger charge is 2.36. The van der Waals surface area contributed by atoms with Gasteiger partial charge in [0.15, 0.2) is 0 Å². The lowest BCUT2D eigenvalue weighted by molar-refractivity contribution is -0.136. The van der Waals surface area contributed by atoms with E-state index in [2.05, 4.69) is 0 Å². The number of para-hydroxylation sites is 1. The van der Waals surface area contributed by atoms with Gasteiger partial charge in [0.1, 0.15) is 5.75 Å². The molecule has 23 heavy (non-hydrogen) atoms. The molecule has 0 aromatic heterocycles. The van der Waals surface area contributed by atoms with Crippen molar-refractivity contribution in [3.05, 3.63) is 59.2 Å². The Kier molecular flexibility index (Phi) is 5.05. The molecule has 0 saturated heterocycles. The number of alkyl halides is 3. The Labute approximate surface area is 136 Å². The molecule has 0 radical (unpaired) electrons. The van der Waals surface area contributed by atoms with Crippen LogP contribution in [0.2, 0.25) is 0 Å². The van der Waals surface area contributed by atoms with Crippen LogP contribution < -0.4 is 5.30 Å². The van der Waals surface area contributed by atoms with Crippen LogP contribution >= 0.6 is 8.58 Å². The van der Waals surface area contributed by atoms with E-state index in [1.807, 2.05) is 13.8 Å². The van der Waals surface area contributed by atoms with Crippen LogP contribution in [0, 0.1) is 6.92 Å². The summed E-state index contributed by atoms with van der Waals surface area (Å²) in [6.45, 7) is 5.49. The third-order valence-corrected chi connectivity index (χ3v) is 5.98. The van der Waals surface area contributed by atoms with Gasteiger partial charge in [-0.25, -0.2) is 0 Å². The van der Waals surface area contributed by atoms with E-state index in [1.165, 1.54) is 6.07 Å². The van der Waals surface area contributed by atoms with Crippen molar-refractivity contribution in [2.45, 2.75) is 38.5 Å². The van der Waals surface area contributed by atoms with Gasteiger partial charge in [0, 0.05) is 10.7 Å². The van der Waals surface area contributed by atoms with E-state index in [0.717, 1.165) is 0 Å². The number of hydrogen-bond donors (Lipinski definition) is 1. The number of hydrogen-bond acceptors (Lipinski definition) is 1. The van der Waals surface area contributed by atoms with Gasteiger partial charge in [-0.15, -0.1) is 0 Å². The van der Waals surface area contributed by atoms with Gasteiger partial charge in [0.2, 0.25) is 0 Å². The zero-order chi connectivity index (χ0) is 17.3. The molecule has 0 aliphatic heterocycles. The number of halogens is 3. The fourth-order valence-electron chi connectivity index (χ4n) is 2.59. The van der Waals surface area contributed by atoms with Gasteiger partial charge in [0.05, 0.1) is 5.56 Å². The summed E-state index contributed by atoms with van der Waals surface area (Å²) in [5.41, 5.74) is 0.701. The van der Waals surface area contributed by atoms with Gasteiger partial charge < -0.3 is 5.11 Å². The molecule has 2 atom stereocenters. The van der Waals surface area contributed by atoms with E-state index in [9.17, 15) is 18.3 Å². The molecule has 1 N–H and O–H groups in total. The fraction of sp³-hybridized carbons (Fsp3) is 0.333. The topological polar surface area (TPSA) is 20.2 Å². The van der Waals surface area contributed by atoms with E-state index in [1.54, 1.807) is 43.3 Å². The highest BCUT2D eigenvalue weighted by Crippen LogP contribution is 2.48. The number of phenolic OH excluding ortho intramolecular Hbond substituents is 1. The standard InChI is InChI=1S/C18H20F3OP/c1-4-17(3,13-7-5-6-8-15(13)22)23-16-10-9-12(2)11-14(16)18(19,20)21/h5-11,22-23H,4H2,1-3H3. The van der Waals surface area contributed by atoms with Gasteiger partial charge in [-0.1, -0.05) is 58.3 Å². The summed E-state index contributed by atoms with van der Waals surface area (Å²) >= 11 is 0. The van der Waals surface area contributed by atoms with Crippen molar-refractivity contribution in [2.24, 2.45) is 0 Å². The molecule has 2 rings (SSSR count). The number of aryl methyl sites for hydroxylation is 1. The summed E-state index contributed by atoms with van der Waals surface area (Å²) in [5.74, 6) is 0.130. The molecule has 0 saturated carbocycles. The Morgan fingerprint density at radius 1 is 1.04 bits per heavy atom. The first kappa shape index (κ1) is 17.8. The number of benzene rings is 2. The molecule has 0 aliphatic rings. The van der Waals surface area contributed by atoms with Crippen molar-refractivity contribution in [1.82, 2.24) is 0 Å². The molecule has 0 fully saturated rings. The minimum Gasteiger partial charge on any atom is -0.508 e. The Morgan fingerprint density at radius 2 is 1.70 bits per heavy atom. The molecule has 0 aliphatic carbocycles. The molecule has 124 valence electrons. The first-order valence-corrected chi connectivity index (χ1v) is 8.42.